The monoisotopic (exact) mass is 490 g/mol. The van der Waals surface area contributed by atoms with Crippen molar-refractivity contribution < 1.29 is 27.9 Å². The molecular formula is C23H25F3N6O3. The van der Waals surface area contributed by atoms with Gasteiger partial charge in [-0.3, -0.25) is 4.79 Å². The van der Waals surface area contributed by atoms with E-state index in [0.717, 1.165) is 70.7 Å². The number of carboxylic acid groups (broad SMARTS) is 1. The molecule has 0 bridgehead atoms. The SMILES string of the molecule is Cc1nc2cccc(-c3cc4c([nH]3)CCNC4=O)c2nc1NC1CCC(N)C1.O=C(O)C(F)(F)F. The van der Waals surface area contributed by atoms with E-state index < -0.39 is 12.1 Å². The number of aromatic nitrogens is 3. The Hall–Kier alpha value is -3.67. The third-order valence-corrected chi connectivity index (χ3v) is 6.02. The molecule has 1 aromatic carbocycles. The van der Waals surface area contributed by atoms with Crippen LogP contribution in [0, 0.1) is 6.92 Å². The van der Waals surface area contributed by atoms with Gasteiger partial charge in [0.05, 0.1) is 16.8 Å². The zero-order chi connectivity index (χ0) is 25.3. The lowest BCUT2D eigenvalue weighted by atomic mass is 10.1. The number of fused-ring (bicyclic) bond motifs is 2. The van der Waals surface area contributed by atoms with Gasteiger partial charge < -0.3 is 26.5 Å². The lowest BCUT2D eigenvalue weighted by Gasteiger charge is -2.16. The van der Waals surface area contributed by atoms with E-state index in [1.54, 1.807) is 0 Å². The number of hydrogen-bond donors (Lipinski definition) is 5. The van der Waals surface area contributed by atoms with Gasteiger partial charge in [-0.05, 0) is 38.3 Å². The molecule has 3 aromatic rings. The normalized spacial score (nSPS) is 19.5. The summed E-state index contributed by atoms with van der Waals surface area (Å²) in [4.78, 5) is 34.1. The predicted octanol–water partition coefficient (Wildman–Crippen LogP) is 3.14. The zero-order valence-electron chi connectivity index (χ0n) is 18.9. The Kier molecular flexibility index (Phi) is 6.66. The van der Waals surface area contributed by atoms with Gasteiger partial charge in [-0.1, -0.05) is 12.1 Å². The molecule has 1 aliphatic heterocycles. The highest BCUT2D eigenvalue weighted by Gasteiger charge is 2.38. The van der Waals surface area contributed by atoms with Crippen molar-refractivity contribution in [3.63, 3.8) is 0 Å². The number of nitrogens with two attached hydrogens (primary N) is 1. The number of H-pyrrole nitrogens is 1. The molecular weight excluding hydrogens is 465 g/mol. The molecule has 186 valence electrons. The molecule has 2 unspecified atom stereocenters. The van der Waals surface area contributed by atoms with E-state index in [4.69, 9.17) is 25.6 Å². The number of anilines is 1. The van der Waals surface area contributed by atoms with E-state index in [-0.39, 0.29) is 11.9 Å². The number of aliphatic carboxylic acids is 1. The quantitative estimate of drug-likeness (QED) is 0.379. The Balaban J connectivity index is 0.000000364. The number of hydrogen-bond acceptors (Lipinski definition) is 6. The third-order valence-electron chi connectivity index (χ3n) is 6.02. The van der Waals surface area contributed by atoms with E-state index in [2.05, 4.69) is 15.6 Å². The molecule has 2 aromatic heterocycles. The van der Waals surface area contributed by atoms with Crippen molar-refractivity contribution in [2.24, 2.45) is 5.73 Å². The topological polar surface area (TPSA) is 146 Å². The van der Waals surface area contributed by atoms with Crippen LogP contribution >= 0.6 is 0 Å². The van der Waals surface area contributed by atoms with Crippen LogP contribution in [-0.2, 0) is 11.2 Å². The molecule has 3 heterocycles. The lowest BCUT2D eigenvalue weighted by Crippen LogP contribution is -2.31. The van der Waals surface area contributed by atoms with Gasteiger partial charge in [-0.2, -0.15) is 13.2 Å². The van der Waals surface area contributed by atoms with Gasteiger partial charge in [0.15, 0.2) is 0 Å². The van der Waals surface area contributed by atoms with Crippen LogP contribution in [0.4, 0.5) is 19.0 Å². The predicted molar refractivity (Wildman–Crippen MR) is 123 cm³/mol. The fourth-order valence-electron chi connectivity index (χ4n) is 4.30. The Morgan fingerprint density at radius 3 is 2.60 bits per heavy atom. The van der Waals surface area contributed by atoms with E-state index in [1.165, 1.54) is 0 Å². The van der Waals surface area contributed by atoms with Crippen molar-refractivity contribution in [2.45, 2.75) is 50.9 Å². The number of para-hydroxylation sites is 1. The van der Waals surface area contributed by atoms with E-state index in [9.17, 15) is 18.0 Å². The number of benzene rings is 1. The average molecular weight is 490 g/mol. The number of aromatic amines is 1. The molecule has 2 aliphatic rings. The highest BCUT2D eigenvalue weighted by molar-refractivity contribution is 5.99. The number of carbonyl (C=O) groups is 2. The fraction of sp³-hybridized carbons (Fsp3) is 0.391. The number of nitrogens with zero attached hydrogens (tertiary/aromatic N) is 2. The van der Waals surface area contributed by atoms with Crippen LogP contribution in [0.3, 0.4) is 0 Å². The van der Waals surface area contributed by atoms with E-state index in [1.807, 2.05) is 31.2 Å². The second-order valence-corrected chi connectivity index (χ2v) is 8.63. The summed E-state index contributed by atoms with van der Waals surface area (Å²) >= 11 is 0. The van der Waals surface area contributed by atoms with Crippen molar-refractivity contribution in [1.29, 1.82) is 0 Å². The van der Waals surface area contributed by atoms with Crippen molar-refractivity contribution >= 4 is 28.7 Å². The Morgan fingerprint density at radius 2 is 1.97 bits per heavy atom. The molecule has 1 fully saturated rings. The number of aryl methyl sites for hydroxylation is 1. The number of halogens is 3. The average Bonchev–Trinajstić information content (AvgIpc) is 3.40. The summed E-state index contributed by atoms with van der Waals surface area (Å²) in [7, 11) is 0. The van der Waals surface area contributed by atoms with Gasteiger partial charge >= 0.3 is 12.1 Å². The second kappa shape index (κ2) is 9.53. The molecule has 5 rings (SSSR count). The van der Waals surface area contributed by atoms with Crippen LogP contribution in [0.2, 0.25) is 0 Å². The largest absolute Gasteiger partial charge is 0.490 e. The van der Waals surface area contributed by atoms with E-state index in [0.29, 0.717) is 12.6 Å². The zero-order valence-corrected chi connectivity index (χ0v) is 18.9. The summed E-state index contributed by atoms with van der Waals surface area (Å²) in [5.41, 5.74) is 12.2. The summed E-state index contributed by atoms with van der Waals surface area (Å²) < 4.78 is 31.7. The van der Waals surface area contributed by atoms with Crippen LogP contribution in [0.25, 0.3) is 22.3 Å². The first-order valence-electron chi connectivity index (χ1n) is 11.1. The highest BCUT2D eigenvalue weighted by atomic mass is 19.4. The van der Waals surface area contributed by atoms with Gasteiger partial charge in [-0.25, -0.2) is 14.8 Å². The summed E-state index contributed by atoms with van der Waals surface area (Å²) in [6.07, 6.45) is -1.22. The number of alkyl halides is 3. The van der Waals surface area contributed by atoms with E-state index >= 15 is 0 Å². The van der Waals surface area contributed by atoms with Gasteiger partial charge in [0.2, 0.25) is 0 Å². The molecule has 1 amide bonds. The molecule has 1 aliphatic carbocycles. The van der Waals surface area contributed by atoms with Gasteiger partial charge in [0.25, 0.3) is 5.91 Å². The summed E-state index contributed by atoms with van der Waals surface area (Å²) in [5, 5.41) is 13.6. The highest BCUT2D eigenvalue weighted by Crippen LogP contribution is 2.31. The molecule has 0 spiro atoms. The number of rotatable bonds is 3. The first-order valence-corrected chi connectivity index (χ1v) is 11.1. The van der Waals surface area contributed by atoms with Crippen LogP contribution in [0.1, 0.15) is 41.0 Å². The minimum Gasteiger partial charge on any atom is -0.475 e. The Labute approximate surface area is 198 Å². The number of carbonyl (C=O) groups excluding carboxylic acids is 1. The molecule has 6 N–H and O–H groups in total. The van der Waals surface area contributed by atoms with Crippen LogP contribution < -0.4 is 16.4 Å². The maximum Gasteiger partial charge on any atom is 0.490 e. The number of amides is 1. The first-order chi connectivity index (χ1) is 16.5. The van der Waals surface area contributed by atoms with Gasteiger partial charge in [0.1, 0.15) is 11.3 Å². The maximum absolute atomic E-state index is 12.1. The van der Waals surface area contributed by atoms with Crippen molar-refractivity contribution in [3.05, 3.63) is 41.2 Å². The minimum atomic E-state index is -5.08. The summed E-state index contributed by atoms with van der Waals surface area (Å²) in [6.45, 7) is 2.64. The first kappa shape index (κ1) is 24.5. The minimum absolute atomic E-state index is 0.0224. The van der Waals surface area contributed by atoms with Crippen LogP contribution in [0.15, 0.2) is 24.3 Å². The molecule has 2 atom stereocenters. The Bertz CT molecular complexity index is 1270. The van der Waals surface area contributed by atoms with Crippen molar-refractivity contribution in [2.75, 3.05) is 11.9 Å². The number of nitrogens with one attached hydrogen (secondary N) is 3. The van der Waals surface area contributed by atoms with Crippen LogP contribution in [-0.4, -0.2) is 56.7 Å². The molecule has 1 saturated carbocycles. The molecule has 9 nitrogen and oxygen atoms in total. The van der Waals surface area contributed by atoms with Crippen LogP contribution in [0.5, 0.6) is 0 Å². The van der Waals surface area contributed by atoms with Gasteiger partial charge in [-0.15, -0.1) is 0 Å². The Morgan fingerprint density at radius 1 is 1.23 bits per heavy atom. The summed E-state index contributed by atoms with van der Waals surface area (Å²) in [6, 6.07) is 8.51. The number of carboxylic acids is 1. The lowest BCUT2D eigenvalue weighted by molar-refractivity contribution is -0.192. The molecule has 12 heteroatoms. The molecule has 0 saturated heterocycles. The third kappa shape index (κ3) is 5.37. The summed E-state index contributed by atoms with van der Waals surface area (Å²) in [5.74, 6) is -1.97. The second-order valence-electron chi connectivity index (χ2n) is 8.63. The smallest absolute Gasteiger partial charge is 0.475 e. The van der Waals surface area contributed by atoms with Gasteiger partial charge in [0, 0.05) is 42.0 Å². The fourth-order valence-corrected chi connectivity index (χ4v) is 4.30. The molecule has 35 heavy (non-hydrogen) atoms. The molecule has 0 radical (unpaired) electrons. The van der Waals surface area contributed by atoms with Crippen molar-refractivity contribution in [3.8, 4) is 11.3 Å². The maximum atomic E-state index is 12.1. The standard InChI is InChI=1S/C21H24N6O.C2HF3O2/c1-11-20(25-13-6-5-12(22)9-13)27-19-14(3-2-4-17(19)24-11)18-10-15-16(26-18)7-8-23-21(15)28;3-2(4,5)1(6)7/h2-4,10,12-13,26H,5-9,22H2,1H3,(H,23,28)(H,25,27);(H,6,7). The van der Waals surface area contributed by atoms with Crippen molar-refractivity contribution in [1.82, 2.24) is 20.3 Å².